The molecule has 6 heteroatoms. The number of rotatable bonds is 3. The third-order valence-electron chi connectivity index (χ3n) is 5.80. The standard InChI is InChI=1S/C23H26N4O2/c1-16-24-21-7-5-4-6-20(21)23(29)27(16)19-10-8-17(9-11-19)22(28)26-14-12-18(13-15-26)25(2)3/h4-11,18H,12-15H2,1-3H3. The number of carbonyl (C=O) groups excluding carboxylic acids is 1. The van der Waals surface area contributed by atoms with Gasteiger partial charge in [-0.05, 0) is 70.3 Å². The number of aryl methyl sites for hydroxylation is 1. The molecule has 2 heterocycles. The molecule has 1 aromatic heterocycles. The summed E-state index contributed by atoms with van der Waals surface area (Å²) in [6.45, 7) is 3.37. The van der Waals surface area contributed by atoms with E-state index in [-0.39, 0.29) is 11.5 Å². The number of amides is 1. The minimum absolute atomic E-state index is 0.0504. The van der Waals surface area contributed by atoms with E-state index in [4.69, 9.17) is 0 Å². The van der Waals surface area contributed by atoms with Crippen molar-refractivity contribution in [2.24, 2.45) is 0 Å². The number of hydrogen-bond acceptors (Lipinski definition) is 4. The van der Waals surface area contributed by atoms with Gasteiger partial charge in [0.2, 0.25) is 0 Å². The number of benzene rings is 2. The first-order chi connectivity index (χ1) is 14.0. The summed E-state index contributed by atoms with van der Waals surface area (Å²) in [5.74, 6) is 0.674. The first kappa shape index (κ1) is 19.3. The molecule has 0 aliphatic carbocycles. The van der Waals surface area contributed by atoms with Gasteiger partial charge in [0.1, 0.15) is 5.82 Å². The molecule has 4 rings (SSSR count). The molecule has 6 nitrogen and oxygen atoms in total. The topological polar surface area (TPSA) is 58.4 Å². The van der Waals surface area contributed by atoms with Crippen molar-refractivity contribution in [3.05, 3.63) is 70.3 Å². The summed E-state index contributed by atoms with van der Waals surface area (Å²) in [7, 11) is 4.18. The quantitative estimate of drug-likeness (QED) is 0.690. The molecule has 2 aromatic carbocycles. The highest BCUT2D eigenvalue weighted by Crippen LogP contribution is 2.18. The molecule has 1 amide bonds. The van der Waals surface area contributed by atoms with Crippen LogP contribution < -0.4 is 5.56 Å². The summed E-state index contributed by atoms with van der Waals surface area (Å²) in [6, 6.07) is 15.1. The lowest BCUT2D eigenvalue weighted by molar-refractivity contribution is 0.0663. The second kappa shape index (κ2) is 7.79. The molecule has 0 bridgehead atoms. The smallest absolute Gasteiger partial charge is 0.265 e. The molecule has 0 unspecified atom stereocenters. The molecule has 1 saturated heterocycles. The van der Waals surface area contributed by atoms with E-state index >= 15 is 0 Å². The van der Waals surface area contributed by atoms with Gasteiger partial charge in [0, 0.05) is 24.7 Å². The summed E-state index contributed by atoms with van der Waals surface area (Å²) < 4.78 is 1.60. The van der Waals surface area contributed by atoms with Gasteiger partial charge in [-0.25, -0.2) is 4.98 Å². The Morgan fingerprint density at radius 1 is 1.03 bits per heavy atom. The van der Waals surface area contributed by atoms with Crippen molar-refractivity contribution in [2.75, 3.05) is 27.2 Å². The van der Waals surface area contributed by atoms with Crippen LogP contribution in [0, 0.1) is 6.92 Å². The average molecular weight is 390 g/mol. The lowest BCUT2D eigenvalue weighted by Crippen LogP contribution is -2.44. The van der Waals surface area contributed by atoms with Crippen molar-refractivity contribution in [3.8, 4) is 5.69 Å². The fourth-order valence-corrected chi connectivity index (χ4v) is 4.07. The van der Waals surface area contributed by atoms with Crippen molar-refractivity contribution in [1.29, 1.82) is 0 Å². The lowest BCUT2D eigenvalue weighted by atomic mass is 10.0. The van der Waals surface area contributed by atoms with Crippen LogP contribution in [0.2, 0.25) is 0 Å². The molecule has 0 atom stereocenters. The number of piperidine rings is 1. The van der Waals surface area contributed by atoms with E-state index in [0.29, 0.717) is 34.0 Å². The second-order valence-corrected chi connectivity index (χ2v) is 7.85. The maximum absolute atomic E-state index is 12.9. The van der Waals surface area contributed by atoms with Crippen LogP contribution in [0.5, 0.6) is 0 Å². The Balaban J connectivity index is 1.58. The highest BCUT2D eigenvalue weighted by molar-refractivity contribution is 5.94. The van der Waals surface area contributed by atoms with Crippen molar-refractivity contribution < 1.29 is 4.79 Å². The van der Waals surface area contributed by atoms with Gasteiger partial charge in [0.15, 0.2) is 0 Å². The number of aromatic nitrogens is 2. The van der Waals surface area contributed by atoms with E-state index in [0.717, 1.165) is 25.9 Å². The normalized spacial score (nSPS) is 15.2. The van der Waals surface area contributed by atoms with Gasteiger partial charge in [-0.15, -0.1) is 0 Å². The molecule has 0 saturated carbocycles. The predicted octanol–water partition coefficient (Wildman–Crippen LogP) is 2.86. The van der Waals surface area contributed by atoms with Gasteiger partial charge >= 0.3 is 0 Å². The van der Waals surface area contributed by atoms with Crippen LogP contribution in [0.25, 0.3) is 16.6 Å². The van der Waals surface area contributed by atoms with E-state index in [9.17, 15) is 9.59 Å². The maximum atomic E-state index is 12.9. The van der Waals surface area contributed by atoms with Crippen molar-refractivity contribution in [3.63, 3.8) is 0 Å². The summed E-state index contributed by atoms with van der Waals surface area (Å²) in [6.07, 6.45) is 1.99. The number of fused-ring (bicyclic) bond motifs is 1. The molecule has 0 radical (unpaired) electrons. The highest BCUT2D eigenvalue weighted by Gasteiger charge is 2.24. The lowest BCUT2D eigenvalue weighted by Gasteiger charge is -2.35. The summed E-state index contributed by atoms with van der Waals surface area (Å²) in [5.41, 5.74) is 1.96. The Kier molecular flexibility index (Phi) is 5.20. The predicted molar refractivity (Wildman–Crippen MR) is 115 cm³/mol. The molecule has 1 aliphatic rings. The molecule has 150 valence electrons. The van der Waals surface area contributed by atoms with Crippen LogP contribution in [-0.4, -0.2) is 58.5 Å². The second-order valence-electron chi connectivity index (χ2n) is 7.85. The van der Waals surface area contributed by atoms with Crippen LogP contribution in [0.1, 0.15) is 29.0 Å². The number of carbonyl (C=O) groups is 1. The van der Waals surface area contributed by atoms with E-state index in [2.05, 4.69) is 24.0 Å². The van der Waals surface area contributed by atoms with Gasteiger partial charge in [0.25, 0.3) is 11.5 Å². The molecule has 1 fully saturated rings. The van der Waals surface area contributed by atoms with Crippen molar-refractivity contribution in [2.45, 2.75) is 25.8 Å². The van der Waals surface area contributed by atoms with Crippen molar-refractivity contribution >= 4 is 16.8 Å². The summed E-state index contributed by atoms with van der Waals surface area (Å²) in [5, 5.41) is 0.585. The minimum atomic E-state index is -0.0991. The largest absolute Gasteiger partial charge is 0.339 e. The zero-order valence-electron chi connectivity index (χ0n) is 17.1. The van der Waals surface area contributed by atoms with Gasteiger partial charge in [-0.1, -0.05) is 12.1 Å². The molecule has 29 heavy (non-hydrogen) atoms. The third kappa shape index (κ3) is 3.68. The fraction of sp³-hybridized carbons (Fsp3) is 0.348. The molecule has 0 N–H and O–H groups in total. The maximum Gasteiger partial charge on any atom is 0.265 e. The van der Waals surface area contributed by atoms with Crippen molar-refractivity contribution in [1.82, 2.24) is 19.4 Å². The van der Waals surface area contributed by atoms with Gasteiger partial charge in [-0.2, -0.15) is 0 Å². The minimum Gasteiger partial charge on any atom is -0.339 e. The van der Waals surface area contributed by atoms with Crippen LogP contribution in [0.4, 0.5) is 0 Å². The molecular formula is C23H26N4O2. The van der Waals surface area contributed by atoms with Gasteiger partial charge in [0.05, 0.1) is 16.6 Å². The van der Waals surface area contributed by atoms with Crippen LogP contribution in [0.3, 0.4) is 0 Å². The summed E-state index contributed by atoms with van der Waals surface area (Å²) >= 11 is 0. The van der Waals surface area contributed by atoms with E-state index in [1.807, 2.05) is 42.2 Å². The molecule has 1 aliphatic heterocycles. The third-order valence-corrected chi connectivity index (χ3v) is 5.80. The number of para-hydroxylation sites is 1. The van der Waals surface area contributed by atoms with Crippen LogP contribution in [-0.2, 0) is 0 Å². The van der Waals surface area contributed by atoms with E-state index < -0.39 is 0 Å². The molecule has 0 spiro atoms. The fourth-order valence-electron chi connectivity index (χ4n) is 4.07. The summed E-state index contributed by atoms with van der Waals surface area (Å²) in [4.78, 5) is 34.5. The SMILES string of the molecule is Cc1nc2ccccc2c(=O)n1-c1ccc(C(=O)N2CCC(N(C)C)CC2)cc1. The zero-order chi connectivity index (χ0) is 20.5. The first-order valence-electron chi connectivity index (χ1n) is 10.0. The molecule has 3 aromatic rings. The Bertz CT molecular complexity index is 1090. The van der Waals surface area contributed by atoms with Gasteiger partial charge < -0.3 is 9.80 Å². The number of hydrogen-bond donors (Lipinski definition) is 0. The van der Waals surface area contributed by atoms with Crippen LogP contribution >= 0.6 is 0 Å². The number of nitrogens with zero attached hydrogens (tertiary/aromatic N) is 4. The zero-order valence-corrected chi connectivity index (χ0v) is 17.1. The highest BCUT2D eigenvalue weighted by atomic mass is 16.2. The Morgan fingerprint density at radius 3 is 2.34 bits per heavy atom. The first-order valence-corrected chi connectivity index (χ1v) is 10.0. The Morgan fingerprint density at radius 2 is 1.69 bits per heavy atom. The average Bonchev–Trinajstić information content (AvgIpc) is 2.74. The number of likely N-dealkylation sites (tertiary alicyclic amines) is 1. The van der Waals surface area contributed by atoms with Gasteiger partial charge in [-0.3, -0.25) is 14.2 Å². The monoisotopic (exact) mass is 390 g/mol. The molecular weight excluding hydrogens is 364 g/mol. The van der Waals surface area contributed by atoms with Crippen LogP contribution in [0.15, 0.2) is 53.3 Å². The Labute approximate surface area is 170 Å². The van der Waals surface area contributed by atoms with E-state index in [1.54, 1.807) is 22.8 Å². The van der Waals surface area contributed by atoms with E-state index in [1.165, 1.54) is 0 Å². The Hall–Kier alpha value is -2.99.